The number of thiophene rings is 1. The quantitative estimate of drug-likeness (QED) is 0.671. The van der Waals surface area contributed by atoms with Gasteiger partial charge in [0.25, 0.3) is 0 Å². The Bertz CT molecular complexity index is 568. The predicted octanol–water partition coefficient (Wildman–Crippen LogP) is 4.38. The minimum atomic E-state index is 0.719. The second-order valence-electron chi connectivity index (χ2n) is 4.98. The first-order chi connectivity index (χ1) is 10.2. The predicted molar refractivity (Wildman–Crippen MR) is 97.0 cm³/mol. The van der Waals surface area contributed by atoms with Gasteiger partial charge in [0.2, 0.25) is 5.95 Å². The number of anilines is 2. The summed E-state index contributed by atoms with van der Waals surface area (Å²) in [6, 6.07) is 2.17. The molecule has 116 valence electrons. The average molecular weight is 325 g/mol. The van der Waals surface area contributed by atoms with Gasteiger partial charge < -0.3 is 10.6 Å². The number of rotatable bonds is 9. The number of fused-ring (bicyclic) bond motifs is 1. The van der Waals surface area contributed by atoms with E-state index in [1.807, 2.05) is 11.8 Å². The molecule has 6 heteroatoms. The lowest BCUT2D eigenvalue weighted by molar-refractivity contribution is 0.748. The topological polar surface area (TPSA) is 49.8 Å². The van der Waals surface area contributed by atoms with Gasteiger partial charge in [-0.1, -0.05) is 6.42 Å². The summed E-state index contributed by atoms with van der Waals surface area (Å²) in [6.07, 6.45) is 5.91. The van der Waals surface area contributed by atoms with Crippen LogP contribution in [-0.4, -0.2) is 35.1 Å². The van der Waals surface area contributed by atoms with Crippen molar-refractivity contribution in [3.05, 3.63) is 10.9 Å². The molecule has 4 nitrogen and oxygen atoms in total. The molecule has 0 spiro atoms. The third-order valence-corrected chi connectivity index (χ3v) is 4.81. The maximum Gasteiger partial charge on any atom is 0.226 e. The van der Waals surface area contributed by atoms with Gasteiger partial charge in [-0.25, -0.2) is 4.98 Å². The number of hydrogen-bond acceptors (Lipinski definition) is 6. The van der Waals surface area contributed by atoms with Crippen LogP contribution in [0.25, 0.3) is 10.2 Å². The summed E-state index contributed by atoms with van der Waals surface area (Å²) in [5, 5.41) is 7.84. The first kappa shape index (κ1) is 16.4. The van der Waals surface area contributed by atoms with E-state index in [1.54, 1.807) is 11.3 Å². The molecule has 0 aliphatic heterocycles. The Kier molecular flexibility index (Phi) is 6.57. The van der Waals surface area contributed by atoms with E-state index in [9.17, 15) is 0 Å². The van der Waals surface area contributed by atoms with Gasteiger partial charge in [-0.15, -0.1) is 11.3 Å². The van der Waals surface area contributed by atoms with E-state index in [1.165, 1.54) is 29.9 Å². The zero-order valence-corrected chi connectivity index (χ0v) is 14.7. The van der Waals surface area contributed by atoms with Crippen LogP contribution in [0.2, 0.25) is 0 Å². The van der Waals surface area contributed by atoms with Crippen LogP contribution < -0.4 is 10.6 Å². The average Bonchev–Trinajstić information content (AvgIpc) is 2.83. The van der Waals surface area contributed by atoms with E-state index in [-0.39, 0.29) is 0 Å². The Morgan fingerprint density at radius 3 is 2.81 bits per heavy atom. The van der Waals surface area contributed by atoms with Crippen molar-refractivity contribution in [2.45, 2.75) is 33.1 Å². The molecule has 0 saturated heterocycles. The summed E-state index contributed by atoms with van der Waals surface area (Å²) in [4.78, 5) is 11.5. The smallest absolute Gasteiger partial charge is 0.226 e. The first-order valence-corrected chi connectivity index (χ1v) is 9.70. The maximum atomic E-state index is 4.61. The molecule has 0 bridgehead atoms. The lowest BCUT2D eigenvalue weighted by atomic mass is 10.2. The van der Waals surface area contributed by atoms with Crippen LogP contribution in [0.5, 0.6) is 0 Å². The van der Waals surface area contributed by atoms with Crippen molar-refractivity contribution in [2.24, 2.45) is 0 Å². The van der Waals surface area contributed by atoms with E-state index in [2.05, 4.69) is 46.8 Å². The molecular formula is C15H24N4S2. The summed E-state index contributed by atoms with van der Waals surface area (Å²) >= 11 is 3.64. The fourth-order valence-electron chi connectivity index (χ4n) is 2.17. The fraction of sp³-hybridized carbons (Fsp3) is 0.600. The van der Waals surface area contributed by atoms with Crippen LogP contribution in [0.15, 0.2) is 6.07 Å². The van der Waals surface area contributed by atoms with Crippen molar-refractivity contribution in [1.29, 1.82) is 0 Å². The van der Waals surface area contributed by atoms with Crippen molar-refractivity contribution >= 4 is 45.1 Å². The highest BCUT2D eigenvalue weighted by atomic mass is 32.2. The second-order valence-corrected chi connectivity index (χ2v) is 7.20. The van der Waals surface area contributed by atoms with Gasteiger partial charge >= 0.3 is 0 Å². The molecule has 0 amide bonds. The fourth-order valence-corrected chi connectivity index (χ4v) is 3.54. The molecule has 2 aromatic rings. The number of nitrogens with zero attached hydrogens (tertiary/aromatic N) is 2. The molecule has 0 aliphatic carbocycles. The number of thioether (sulfide) groups is 1. The number of hydrogen-bond donors (Lipinski definition) is 2. The van der Waals surface area contributed by atoms with Crippen LogP contribution in [0.1, 0.15) is 31.1 Å². The zero-order chi connectivity index (χ0) is 15.1. The Balaban J connectivity index is 2.02. The van der Waals surface area contributed by atoms with Gasteiger partial charge in [0, 0.05) is 18.0 Å². The monoisotopic (exact) mass is 324 g/mol. The standard InChI is InChI=1S/C15H24N4S2/c1-4-16-15-18-13(17-8-6-5-7-9-20-3)12-10-11(2)21-14(12)19-15/h10H,4-9H2,1-3H3,(H2,16,17,18,19). The summed E-state index contributed by atoms with van der Waals surface area (Å²) in [5.74, 6) is 2.94. The number of aromatic nitrogens is 2. The Labute approximate surface area is 135 Å². The summed E-state index contributed by atoms with van der Waals surface area (Å²) in [7, 11) is 0. The molecule has 0 radical (unpaired) electrons. The van der Waals surface area contributed by atoms with Crippen molar-refractivity contribution in [3.63, 3.8) is 0 Å². The minimum Gasteiger partial charge on any atom is -0.369 e. The van der Waals surface area contributed by atoms with Crippen LogP contribution in [0, 0.1) is 6.92 Å². The molecule has 2 N–H and O–H groups in total. The molecule has 0 fully saturated rings. The van der Waals surface area contributed by atoms with Gasteiger partial charge in [-0.05, 0) is 44.8 Å². The Hall–Kier alpha value is -1.01. The van der Waals surface area contributed by atoms with Gasteiger partial charge in [-0.3, -0.25) is 0 Å². The van der Waals surface area contributed by atoms with E-state index < -0.39 is 0 Å². The zero-order valence-electron chi connectivity index (χ0n) is 13.0. The van der Waals surface area contributed by atoms with Gasteiger partial charge in [0.15, 0.2) is 0 Å². The highest BCUT2D eigenvalue weighted by Crippen LogP contribution is 2.29. The Morgan fingerprint density at radius 2 is 2.05 bits per heavy atom. The van der Waals surface area contributed by atoms with Crippen molar-refractivity contribution < 1.29 is 0 Å². The Morgan fingerprint density at radius 1 is 1.19 bits per heavy atom. The molecule has 2 rings (SSSR count). The SMILES string of the molecule is CCNc1nc(NCCCCCSC)c2cc(C)sc2n1. The van der Waals surface area contributed by atoms with Gasteiger partial charge in [0.05, 0.1) is 5.39 Å². The molecule has 0 atom stereocenters. The minimum absolute atomic E-state index is 0.719. The van der Waals surface area contributed by atoms with Crippen molar-refractivity contribution in [1.82, 2.24) is 9.97 Å². The van der Waals surface area contributed by atoms with E-state index in [0.29, 0.717) is 0 Å². The largest absolute Gasteiger partial charge is 0.369 e. The third kappa shape index (κ3) is 4.74. The highest BCUT2D eigenvalue weighted by Gasteiger charge is 2.09. The molecule has 0 aromatic carbocycles. The van der Waals surface area contributed by atoms with E-state index in [4.69, 9.17) is 0 Å². The lowest BCUT2D eigenvalue weighted by Crippen LogP contribution is -2.08. The molecule has 0 saturated carbocycles. The molecule has 21 heavy (non-hydrogen) atoms. The molecule has 0 unspecified atom stereocenters. The number of aryl methyl sites for hydroxylation is 1. The molecule has 0 aliphatic rings. The third-order valence-electron chi connectivity index (χ3n) is 3.17. The summed E-state index contributed by atoms with van der Waals surface area (Å²) < 4.78 is 0. The number of unbranched alkanes of at least 4 members (excludes halogenated alkanes) is 2. The molecule has 2 aromatic heterocycles. The van der Waals surface area contributed by atoms with Crippen LogP contribution in [0.3, 0.4) is 0 Å². The van der Waals surface area contributed by atoms with Crippen molar-refractivity contribution in [3.8, 4) is 0 Å². The molecule has 2 heterocycles. The first-order valence-electron chi connectivity index (χ1n) is 7.49. The number of nitrogens with one attached hydrogen (secondary N) is 2. The summed E-state index contributed by atoms with van der Waals surface area (Å²) in [5.41, 5.74) is 0. The highest BCUT2D eigenvalue weighted by molar-refractivity contribution is 7.98. The van der Waals surface area contributed by atoms with Crippen molar-refractivity contribution in [2.75, 3.05) is 35.7 Å². The van der Waals surface area contributed by atoms with E-state index >= 15 is 0 Å². The lowest BCUT2D eigenvalue weighted by Gasteiger charge is -2.09. The normalized spacial score (nSPS) is 11.0. The maximum absolute atomic E-state index is 4.61. The second kappa shape index (κ2) is 8.44. The molecular weight excluding hydrogens is 300 g/mol. The summed E-state index contributed by atoms with van der Waals surface area (Å²) in [6.45, 7) is 5.99. The van der Waals surface area contributed by atoms with Crippen LogP contribution in [-0.2, 0) is 0 Å². The van der Waals surface area contributed by atoms with Crippen LogP contribution >= 0.6 is 23.1 Å². The van der Waals surface area contributed by atoms with E-state index in [0.717, 1.165) is 35.1 Å². The van der Waals surface area contributed by atoms with Gasteiger partial charge in [-0.2, -0.15) is 16.7 Å². The van der Waals surface area contributed by atoms with Crippen LogP contribution in [0.4, 0.5) is 11.8 Å². The van der Waals surface area contributed by atoms with Gasteiger partial charge in [0.1, 0.15) is 10.6 Å².